The van der Waals surface area contributed by atoms with Gasteiger partial charge in [0.25, 0.3) is 5.91 Å². The number of anilines is 1. The highest BCUT2D eigenvalue weighted by molar-refractivity contribution is 7.15. The van der Waals surface area contributed by atoms with Crippen LogP contribution >= 0.6 is 11.3 Å². The Morgan fingerprint density at radius 2 is 1.49 bits per heavy atom. The fraction of sp³-hybridized carbons (Fsp3) is 0.367. The van der Waals surface area contributed by atoms with Crippen LogP contribution in [-0.4, -0.2) is 16.1 Å². The number of benzene rings is 3. The molecule has 0 unspecified atom stereocenters. The number of nitrogens with zero attached hydrogens (tertiary/aromatic N) is 3. The standard InChI is InChI=1S/C30H29N3OS/c34-27(26-12-6-10-24-9-4-5-11-25(24)26)33(19-20-7-2-1-3-8-20)29-32-31-28(35-29)30-16-21-13-22(17-30)15-23(14-21)18-30/h1-12,21-23H,13-19H2. The maximum absolute atomic E-state index is 14.1. The van der Waals surface area contributed by atoms with Crippen LogP contribution in [0, 0.1) is 17.8 Å². The molecule has 1 aromatic heterocycles. The summed E-state index contributed by atoms with van der Waals surface area (Å²) in [5.41, 5.74) is 1.99. The smallest absolute Gasteiger partial charge is 0.261 e. The fourth-order valence-electron chi connectivity index (χ4n) is 7.46. The first-order valence-electron chi connectivity index (χ1n) is 12.8. The summed E-state index contributed by atoms with van der Waals surface area (Å²) < 4.78 is 0. The number of hydrogen-bond donors (Lipinski definition) is 0. The van der Waals surface area contributed by atoms with Gasteiger partial charge < -0.3 is 0 Å². The van der Waals surface area contributed by atoms with Crippen LogP contribution in [0.5, 0.6) is 0 Å². The summed E-state index contributed by atoms with van der Waals surface area (Å²) in [7, 11) is 0. The second kappa shape index (κ2) is 8.27. The monoisotopic (exact) mass is 479 g/mol. The Kier molecular flexibility index (Phi) is 5.02. The summed E-state index contributed by atoms with van der Waals surface area (Å²) in [6.45, 7) is 0.485. The van der Waals surface area contributed by atoms with Crippen molar-refractivity contribution in [1.82, 2.24) is 10.2 Å². The second-order valence-electron chi connectivity index (χ2n) is 11.0. The van der Waals surface area contributed by atoms with E-state index < -0.39 is 0 Å². The summed E-state index contributed by atoms with van der Waals surface area (Å²) >= 11 is 1.66. The van der Waals surface area contributed by atoms with Crippen LogP contribution in [0.4, 0.5) is 5.13 Å². The summed E-state index contributed by atoms with van der Waals surface area (Å²) in [6.07, 6.45) is 7.98. The normalized spacial score (nSPS) is 26.8. The molecule has 4 fully saturated rings. The third-order valence-electron chi connectivity index (χ3n) is 8.59. The van der Waals surface area contributed by atoms with Gasteiger partial charge >= 0.3 is 0 Å². The van der Waals surface area contributed by atoms with Gasteiger partial charge in [0.05, 0.1) is 6.54 Å². The zero-order valence-corrected chi connectivity index (χ0v) is 20.6. The van der Waals surface area contributed by atoms with Gasteiger partial charge in [-0.25, -0.2) is 0 Å². The minimum absolute atomic E-state index is 0.0149. The van der Waals surface area contributed by atoms with Crippen molar-refractivity contribution in [1.29, 1.82) is 0 Å². The number of rotatable bonds is 5. The molecule has 0 spiro atoms. The topological polar surface area (TPSA) is 46.1 Å². The molecule has 5 heteroatoms. The van der Waals surface area contributed by atoms with Gasteiger partial charge in [0.15, 0.2) is 0 Å². The highest BCUT2D eigenvalue weighted by Crippen LogP contribution is 2.61. The van der Waals surface area contributed by atoms with Crippen LogP contribution in [0.3, 0.4) is 0 Å². The van der Waals surface area contributed by atoms with E-state index in [0.717, 1.165) is 44.2 Å². The molecule has 4 bridgehead atoms. The van der Waals surface area contributed by atoms with Crippen molar-refractivity contribution in [3.05, 3.63) is 88.9 Å². The number of fused-ring (bicyclic) bond motifs is 1. The molecule has 4 aliphatic carbocycles. The SMILES string of the molecule is O=C(c1cccc2ccccc12)N(Cc1ccccc1)c1nnc(C23CC4CC(CC(C4)C2)C3)s1. The molecule has 8 rings (SSSR count). The molecule has 35 heavy (non-hydrogen) atoms. The van der Waals surface area contributed by atoms with Gasteiger partial charge in [0.2, 0.25) is 5.13 Å². The van der Waals surface area contributed by atoms with Crippen molar-refractivity contribution >= 4 is 33.1 Å². The third-order valence-corrected chi connectivity index (χ3v) is 9.78. The molecule has 0 radical (unpaired) electrons. The van der Waals surface area contributed by atoms with Gasteiger partial charge in [0, 0.05) is 11.0 Å². The van der Waals surface area contributed by atoms with Crippen molar-refractivity contribution in [3.8, 4) is 0 Å². The quantitative estimate of drug-likeness (QED) is 0.309. The molecule has 0 N–H and O–H groups in total. The Labute approximate surface area is 210 Å². The molecule has 1 amide bonds. The van der Waals surface area contributed by atoms with E-state index >= 15 is 0 Å². The lowest BCUT2D eigenvalue weighted by molar-refractivity contribution is -0.00555. The zero-order valence-electron chi connectivity index (χ0n) is 19.8. The molecule has 1 heterocycles. The van der Waals surface area contributed by atoms with Crippen molar-refractivity contribution < 1.29 is 4.79 Å². The summed E-state index contributed by atoms with van der Waals surface area (Å²) in [4.78, 5) is 15.9. The number of carbonyl (C=O) groups excluding carboxylic acids is 1. The third kappa shape index (κ3) is 3.68. The van der Waals surface area contributed by atoms with Gasteiger partial charge in [-0.2, -0.15) is 0 Å². The lowest BCUT2D eigenvalue weighted by Crippen LogP contribution is -2.48. The largest absolute Gasteiger partial charge is 0.278 e. The van der Waals surface area contributed by atoms with Gasteiger partial charge in [-0.3, -0.25) is 9.69 Å². The fourth-order valence-corrected chi connectivity index (χ4v) is 8.52. The molecule has 0 aliphatic heterocycles. The van der Waals surface area contributed by atoms with E-state index in [1.54, 1.807) is 11.3 Å². The molecule has 176 valence electrons. The molecule has 3 aromatic carbocycles. The zero-order chi connectivity index (χ0) is 23.4. The summed E-state index contributed by atoms with van der Waals surface area (Å²) in [5, 5.41) is 13.4. The van der Waals surface area contributed by atoms with E-state index in [-0.39, 0.29) is 11.3 Å². The van der Waals surface area contributed by atoms with E-state index in [9.17, 15) is 4.79 Å². The van der Waals surface area contributed by atoms with E-state index in [1.807, 2.05) is 53.4 Å². The Morgan fingerprint density at radius 1 is 0.829 bits per heavy atom. The molecule has 4 nitrogen and oxygen atoms in total. The minimum Gasteiger partial charge on any atom is -0.278 e. The van der Waals surface area contributed by atoms with Crippen LogP contribution in [0.2, 0.25) is 0 Å². The Hall–Kier alpha value is -3.05. The first kappa shape index (κ1) is 21.3. The van der Waals surface area contributed by atoms with Gasteiger partial charge in [-0.05, 0) is 78.7 Å². The number of aromatic nitrogens is 2. The number of amides is 1. The predicted octanol–water partition coefficient (Wildman–Crippen LogP) is 7.01. The van der Waals surface area contributed by atoms with E-state index in [0.29, 0.717) is 12.1 Å². The van der Waals surface area contributed by atoms with Crippen LogP contribution < -0.4 is 4.90 Å². The van der Waals surface area contributed by atoms with E-state index in [2.05, 4.69) is 29.4 Å². The highest BCUT2D eigenvalue weighted by Gasteiger charge is 2.53. The van der Waals surface area contributed by atoms with Crippen LogP contribution in [0.25, 0.3) is 10.8 Å². The molecular weight excluding hydrogens is 450 g/mol. The maximum Gasteiger partial charge on any atom is 0.261 e. The molecule has 0 atom stereocenters. The Morgan fingerprint density at radius 3 is 2.23 bits per heavy atom. The Balaban J connectivity index is 1.28. The lowest BCUT2D eigenvalue weighted by Gasteiger charge is -2.55. The summed E-state index contributed by atoms with van der Waals surface area (Å²) in [5.74, 6) is 2.54. The highest BCUT2D eigenvalue weighted by atomic mass is 32.1. The van der Waals surface area contributed by atoms with E-state index in [4.69, 9.17) is 5.10 Å². The number of carbonyl (C=O) groups is 1. The van der Waals surface area contributed by atoms with Crippen LogP contribution in [0.1, 0.15) is 59.5 Å². The molecule has 4 saturated carbocycles. The van der Waals surface area contributed by atoms with Crippen molar-refractivity contribution in [2.45, 2.75) is 50.5 Å². The average Bonchev–Trinajstić information content (AvgIpc) is 3.37. The first-order chi connectivity index (χ1) is 17.2. The second-order valence-corrected chi connectivity index (χ2v) is 11.9. The number of hydrogen-bond acceptors (Lipinski definition) is 4. The molecule has 4 aromatic rings. The summed E-state index contributed by atoms with van der Waals surface area (Å²) in [6, 6.07) is 24.3. The van der Waals surface area contributed by atoms with E-state index in [1.165, 1.54) is 38.5 Å². The first-order valence-corrected chi connectivity index (χ1v) is 13.7. The average molecular weight is 480 g/mol. The lowest BCUT2D eigenvalue weighted by atomic mass is 9.50. The maximum atomic E-state index is 14.1. The minimum atomic E-state index is -0.0149. The van der Waals surface area contributed by atoms with Crippen molar-refractivity contribution in [2.75, 3.05) is 4.90 Å². The van der Waals surface area contributed by atoms with Gasteiger partial charge in [-0.15, -0.1) is 10.2 Å². The van der Waals surface area contributed by atoms with Gasteiger partial charge in [0.1, 0.15) is 5.01 Å². The van der Waals surface area contributed by atoms with Crippen LogP contribution in [-0.2, 0) is 12.0 Å². The molecule has 0 saturated heterocycles. The predicted molar refractivity (Wildman–Crippen MR) is 141 cm³/mol. The Bertz CT molecular complexity index is 1350. The van der Waals surface area contributed by atoms with Gasteiger partial charge in [-0.1, -0.05) is 78.1 Å². The van der Waals surface area contributed by atoms with Crippen molar-refractivity contribution in [2.24, 2.45) is 17.8 Å². The van der Waals surface area contributed by atoms with Crippen molar-refractivity contribution in [3.63, 3.8) is 0 Å². The van der Waals surface area contributed by atoms with Crippen LogP contribution in [0.15, 0.2) is 72.8 Å². The molecule has 4 aliphatic rings. The molecular formula is C30H29N3OS.